The van der Waals surface area contributed by atoms with Crippen LogP contribution in [-0.4, -0.2) is 48.8 Å². The van der Waals surface area contributed by atoms with E-state index >= 15 is 0 Å². The van der Waals surface area contributed by atoms with Crippen molar-refractivity contribution in [1.29, 1.82) is 0 Å². The summed E-state index contributed by atoms with van der Waals surface area (Å²) in [4.78, 5) is 28.5. The van der Waals surface area contributed by atoms with Gasteiger partial charge in [0.2, 0.25) is 5.91 Å². The Labute approximate surface area is 183 Å². The molecule has 1 N–H and O–H groups in total. The third kappa shape index (κ3) is 4.84. The van der Waals surface area contributed by atoms with E-state index in [0.29, 0.717) is 17.8 Å². The van der Waals surface area contributed by atoms with Gasteiger partial charge in [-0.2, -0.15) is 0 Å². The van der Waals surface area contributed by atoms with Crippen molar-refractivity contribution in [3.05, 3.63) is 101 Å². The van der Waals surface area contributed by atoms with Crippen LogP contribution >= 0.6 is 0 Å². The molecule has 31 heavy (non-hydrogen) atoms. The monoisotopic (exact) mass is 413 g/mol. The Balaban J connectivity index is 1.44. The van der Waals surface area contributed by atoms with Gasteiger partial charge in [-0.1, -0.05) is 54.6 Å². The first-order chi connectivity index (χ1) is 15.0. The molecule has 3 aromatic carbocycles. The van der Waals surface area contributed by atoms with Crippen LogP contribution in [-0.2, 0) is 11.3 Å². The van der Waals surface area contributed by atoms with Crippen molar-refractivity contribution < 1.29 is 9.59 Å². The number of benzene rings is 3. The lowest BCUT2D eigenvalue weighted by atomic mass is 9.84. The minimum Gasteiger partial charge on any atom is -0.345 e. The zero-order chi connectivity index (χ0) is 21.8. The van der Waals surface area contributed by atoms with Gasteiger partial charge < -0.3 is 10.2 Å². The third-order valence-electron chi connectivity index (χ3n) is 5.66. The zero-order valence-electron chi connectivity index (χ0n) is 17.9. The molecule has 0 aliphatic carbocycles. The van der Waals surface area contributed by atoms with Crippen molar-refractivity contribution in [3.8, 4) is 0 Å². The van der Waals surface area contributed by atoms with Crippen LogP contribution in [0.3, 0.4) is 0 Å². The number of carbonyl (C=O) groups is 2. The number of nitrogens with one attached hydrogen (secondary N) is 1. The molecular formula is C26H27N3O2. The van der Waals surface area contributed by atoms with Gasteiger partial charge in [-0.25, -0.2) is 0 Å². The number of rotatable bonds is 5. The maximum absolute atomic E-state index is 12.7. The number of carbonyl (C=O) groups excluding carboxylic acids is 2. The van der Waals surface area contributed by atoms with Gasteiger partial charge in [0.25, 0.3) is 5.91 Å². The van der Waals surface area contributed by atoms with Crippen molar-refractivity contribution in [2.24, 2.45) is 0 Å². The summed E-state index contributed by atoms with van der Waals surface area (Å²) < 4.78 is 0. The zero-order valence-corrected chi connectivity index (χ0v) is 17.9. The molecule has 0 bridgehead atoms. The highest BCUT2D eigenvalue weighted by molar-refractivity contribution is 5.96. The van der Waals surface area contributed by atoms with Gasteiger partial charge >= 0.3 is 0 Å². The van der Waals surface area contributed by atoms with Crippen LogP contribution in [0, 0.1) is 0 Å². The van der Waals surface area contributed by atoms with Crippen molar-refractivity contribution in [3.63, 3.8) is 0 Å². The van der Waals surface area contributed by atoms with E-state index in [1.54, 1.807) is 38.4 Å². The lowest BCUT2D eigenvalue weighted by Gasteiger charge is -2.34. The Morgan fingerprint density at radius 1 is 0.935 bits per heavy atom. The predicted octanol–water partition coefficient (Wildman–Crippen LogP) is 3.97. The molecule has 0 saturated heterocycles. The lowest BCUT2D eigenvalue weighted by molar-refractivity contribution is -0.117. The molecule has 0 radical (unpaired) electrons. The van der Waals surface area contributed by atoms with E-state index in [1.807, 2.05) is 6.07 Å². The Morgan fingerprint density at radius 2 is 1.61 bits per heavy atom. The Kier molecular flexibility index (Phi) is 6.14. The largest absolute Gasteiger partial charge is 0.345 e. The fourth-order valence-electron chi connectivity index (χ4n) is 4.13. The first-order valence-electron chi connectivity index (χ1n) is 10.5. The topological polar surface area (TPSA) is 52.7 Å². The summed E-state index contributed by atoms with van der Waals surface area (Å²) in [6.45, 7) is 1.87. The molecule has 5 nitrogen and oxygen atoms in total. The highest BCUT2D eigenvalue weighted by Crippen LogP contribution is 2.33. The third-order valence-corrected chi connectivity index (χ3v) is 5.66. The second-order valence-electron chi connectivity index (χ2n) is 8.16. The maximum Gasteiger partial charge on any atom is 0.253 e. The number of nitrogens with zero attached hydrogens (tertiary/aromatic N) is 2. The van der Waals surface area contributed by atoms with Gasteiger partial charge in [0.15, 0.2) is 0 Å². The van der Waals surface area contributed by atoms with E-state index in [4.69, 9.17) is 0 Å². The molecule has 0 spiro atoms. The Bertz CT molecular complexity index is 1060. The second kappa shape index (κ2) is 9.14. The van der Waals surface area contributed by atoms with E-state index in [1.165, 1.54) is 21.6 Å². The number of hydrogen-bond donors (Lipinski definition) is 1. The highest BCUT2D eigenvalue weighted by Gasteiger charge is 2.27. The molecule has 5 heteroatoms. The molecule has 0 fully saturated rings. The van der Waals surface area contributed by atoms with Gasteiger partial charge in [0.1, 0.15) is 0 Å². The molecule has 2 amide bonds. The maximum atomic E-state index is 12.7. The number of fused-ring (bicyclic) bond motifs is 1. The van der Waals surface area contributed by atoms with Crippen LogP contribution in [0.2, 0.25) is 0 Å². The Morgan fingerprint density at radius 3 is 2.32 bits per heavy atom. The molecule has 4 rings (SSSR count). The average Bonchev–Trinajstić information content (AvgIpc) is 2.79. The predicted molar refractivity (Wildman–Crippen MR) is 123 cm³/mol. The average molecular weight is 414 g/mol. The van der Waals surface area contributed by atoms with Crippen LogP contribution in [0.5, 0.6) is 0 Å². The van der Waals surface area contributed by atoms with Gasteiger partial charge in [0, 0.05) is 44.4 Å². The summed E-state index contributed by atoms with van der Waals surface area (Å²) in [5, 5.41) is 2.96. The quantitative estimate of drug-likeness (QED) is 0.689. The summed E-state index contributed by atoms with van der Waals surface area (Å²) in [6.07, 6.45) is 0. The Hall–Kier alpha value is -3.44. The summed E-state index contributed by atoms with van der Waals surface area (Å²) in [7, 11) is 3.44. The minimum atomic E-state index is -0.0585. The summed E-state index contributed by atoms with van der Waals surface area (Å²) in [5.41, 5.74) is 5.16. The summed E-state index contributed by atoms with van der Waals surface area (Å²) in [6, 6.07) is 26.0. The second-order valence-corrected chi connectivity index (χ2v) is 8.16. The molecule has 1 atom stereocenters. The molecule has 1 aliphatic heterocycles. The van der Waals surface area contributed by atoms with Gasteiger partial charge in [-0.05, 0) is 41.0 Å². The molecule has 3 aromatic rings. The van der Waals surface area contributed by atoms with E-state index in [9.17, 15) is 9.59 Å². The standard InChI is InChI=1S/C26H27N3O2/c1-28(2)26(31)20-12-14-22(15-13-20)27-25(30)18-29-16-21-10-6-7-11-23(21)24(17-29)19-8-4-3-5-9-19/h3-15,24H,16-18H2,1-2H3,(H,27,30). The van der Waals surface area contributed by atoms with E-state index in [0.717, 1.165) is 13.1 Å². The first-order valence-corrected chi connectivity index (χ1v) is 10.5. The molecule has 0 saturated carbocycles. The smallest absolute Gasteiger partial charge is 0.253 e. The SMILES string of the molecule is CN(C)C(=O)c1ccc(NC(=O)CN2Cc3ccccc3C(c3ccccc3)C2)cc1. The first kappa shape index (κ1) is 20.8. The molecule has 1 unspecified atom stereocenters. The van der Waals surface area contributed by atoms with Gasteiger partial charge in [-0.3, -0.25) is 14.5 Å². The number of amides is 2. The van der Waals surface area contributed by atoms with Crippen molar-refractivity contribution >= 4 is 17.5 Å². The summed E-state index contributed by atoms with van der Waals surface area (Å²) >= 11 is 0. The molecule has 1 heterocycles. The van der Waals surface area contributed by atoms with Crippen LogP contribution in [0.4, 0.5) is 5.69 Å². The van der Waals surface area contributed by atoms with Gasteiger partial charge in [-0.15, -0.1) is 0 Å². The number of anilines is 1. The summed E-state index contributed by atoms with van der Waals surface area (Å²) in [5.74, 6) is 0.130. The fourth-order valence-corrected chi connectivity index (χ4v) is 4.13. The fraction of sp³-hybridized carbons (Fsp3) is 0.231. The minimum absolute atomic E-state index is 0.0575. The molecule has 0 aromatic heterocycles. The lowest BCUT2D eigenvalue weighted by Crippen LogP contribution is -2.39. The molecule has 1 aliphatic rings. The van der Waals surface area contributed by atoms with Crippen LogP contribution < -0.4 is 5.32 Å². The van der Waals surface area contributed by atoms with E-state index in [-0.39, 0.29) is 17.7 Å². The van der Waals surface area contributed by atoms with Crippen LogP contribution in [0.1, 0.15) is 33.0 Å². The normalized spacial score (nSPS) is 15.7. The highest BCUT2D eigenvalue weighted by atomic mass is 16.2. The van der Waals surface area contributed by atoms with E-state index < -0.39 is 0 Å². The molecule has 158 valence electrons. The number of hydrogen-bond acceptors (Lipinski definition) is 3. The van der Waals surface area contributed by atoms with Gasteiger partial charge in [0.05, 0.1) is 6.54 Å². The van der Waals surface area contributed by atoms with Crippen LogP contribution in [0.25, 0.3) is 0 Å². The van der Waals surface area contributed by atoms with Crippen LogP contribution in [0.15, 0.2) is 78.9 Å². The molecular weight excluding hydrogens is 386 g/mol. The van der Waals surface area contributed by atoms with Crippen molar-refractivity contribution in [1.82, 2.24) is 9.80 Å². The van der Waals surface area contributed by atoms with Crippen molar-refractivity contribution in [2.75, 3.05) is 32.5 Å². The van der Waals surface area contributed by atoms with Crippen molar-refractivity contribution in [2.45, 2.75) is 12.5 Å². The van der Waals surface area contributed by atoms with E-state index in [2.05, 4.69) is 58.7 Å².